The van der Waals surface area contributed by atoms with Crippen LogP contribution in [0.4, 0.5) is 24.7 Å². The van der Waals surface area contributed by atoms with E-state index < -0.39 is 26.6 Å². The van der Waals surface area contributed by atoms with Crippen LogP contribution in [0.2, 0.25) is 0 Å². The summed E-state index contributed by atoms with van der Waals surface area (Å²) in [6.45, 7) is 0. The van der Waals surface area contributed by atoms with Crippen LogP contribution in [0.5, 0.6) is 11.5 Å². The Morgan fingerprint density at radius 3 is 2.46 bits per heavy atom. The largest absolute Gasteiger partial charge is 0.497 e. The van der Waals surface area contributed by atoms with Crippen LogP contribution < -0.4 is 14.8 Å². The van der Waals surface area contributed by atoms with E-state index in [4.69, 9.17) is 9.47 Å². The summed E-state index contributed by atoms with van der Waals surface area (Å²) in [5.41, 5.74) is -0.419. The highest BCUT2D eigenvalue weighted by molar-refractivity contribution is 7.91. The number of hydrogen-bond acceptors (Lipinski definition) is 8. The lowest BCUT2D eigenvalue weighted by atomic mass is 10.2. The second-order valence-electron chi connectivity index (χ2n) is 7.83. The average Bonchev–Trinajstić information content (AvgIpc) is 3.33. The smallest absolute Gasteiger partial charge is 0.416 e. The molecule has 0 aliphatic carbocycles. The van der Waals surface area contributed by atoms with Gasteiger partial charge in [-0.25, -0.2) is 13.4 Å². The number of hydrogen-bond donors (Lipinski definition) is 1. The lowest BCUT2D eigenvalue weighted by Gasteiger charge is -2.13. The molecule has 5 rings (SSSR count). The van der Waals surface area contributed by atoms with Crippen molar-refractivity contribution in [2.75, 3.05) is 19.5 Å². The van der Waals surface area contributed by atoms with E-state index in [1.54, 1.807) is 30.3 Å². The first-order valence-electron chi connectivity index (χ1n) is 10.7. The molecule has 1 N–H and O–H groups in total. The molecule has 0 spiro atoms. The standard InChI is InChI=1S/C24H18F3N5O4S/c1-35-16-10-11-19(36-2)20(13-16)37(33,34)23-22-29-21(17-8-3-4-9-18(17)32(22)31-30-23)28-15-7-5-6-14(12-15)24(25,26)27/h3-13H,1-2H3,(H,28,29). The molecule has 37 heavy (non-hydrogen) atoms. The topological polar surface area (TPSA) is 108 Å². The number of benzene rings is 3. The van der Waals surface area contributed by atoms with Crippen LogP contribution in [0, 0.1) is 0 Å². The van der Waals surface area contributed by atoms with Crippen LogP contribution in [0.1, 0.15) is 5.56 Å². The van der Waals surface area contributed by atoms with Crippen molar-refractivity contribution in [1.29, 1.82) is 0 Å². The summed E-state index contributed by atoms with van der Waals surface area (Å²) in [5, 5.41) is 10.8. The van der Waals surface area contributed by atoms with Gasteiger partial charge >= 0.3 is 6.18 Å². The van der Waals surface area contributed by atoms with E-state index in [-0.39, 0.29) is 33.5 Å². The molecule has 0 saturated carbocycles. The first-order chi connectivity index (χ1) is 17.6. The van der Waals surface area contributed by atoms with E-state index in [1.807, 2.05) is 0 Å². The predicted octanol–water partition coefficient (Wildman–Crippen LogP) is 4.89. The van der Waals surface area contributed by atoms with E-state index in [2.05, 4.69) is 20.6 Å². The lowest BCUT2D eigenvalue weighted by Crippen LogP contribution is -2.08. The number of rotatable bonds is 6. The Labute approximate surface area is 208 Å². The fraction of sp³-hybridized carbons (Fsp3) is 0.125. The molecule has 9 nitrogen and oxygen atoms in total. The summed E-state index contributed by atoms with van der Waals surface area (Å²) in [6, 6.07) is 15.6. The molecule has 0 bridgehead atoms. The summed E-state index contributed by atoms with van der Waals surface area (Å²) in [5.74, 6) is 0.463. The number of aromatic nitrogens is 4. The molecule has 190 valence electrons. The number of nitrogens with zero attached hydrogens (tertiary/aromatic N) is 4. The van der Waals surface area contributed by atoms with Crippen molar-refractivity contribution < 1.29 is 31.1 Å². The maximum atomic E-state index is 13.7. The van der Waals surface area contributed by atoms with Gasteiger partial charge in [-0.3, -0.25) is 0 Å². The van der Waals surface area contributed by atoms with Crippen LogP contribution in [-0.2, 0) is 16.0 Å². The van der Waals surface area contributed by atoms with Gasteiger partial charge in [0.05, 0.1) is 25.3 Å². The van der Waals surface area contributed by atoms with E-state index in [1.165, 1.54) is 43.0 Å². The van der Waals surface area contributed by atoms with E-state index in [9.17, 15) is 21.6 Å². The average molecular weight is 530 g/mol. The van der Waals surface area contributed by atoms with Crippen molar-refractivity contribution in [2.45, 2.75) is 16.1 Å². The molecule has 0 radical (unpaired) electrons. The highest BCUT2D eigenvalue weighted by Crippen LogP contribution is 2.36. The lowest BCUT2D eigenvalue weighted by molar-refractivity contribution is -0.137. The van der Waals surface area contributed by atoms with Gasteiger partial charge in [-0.15, -0.1) is 5.10 Å². The highest BCUT2D eigenvalue weighted by Gasteiger charge is 2.32. The molecule has 2 aromatic heterocycles. The van der Waals surface area contributed by atoms with E-state index in [0.717, 1.165) is 12.1 Å². The minimum Gasteiger partial charge on any atom is -0.497 e. The molecule has 0 aliphatic heterocycles. The van der Waals surface area contributed by atoms with Gasteiger partial charge in [0.25, 0.3) is 0 Å². The molecule has 0 aliphatic rings. The van der Waals surface area contributed by atoms with Gasteiger partial charge in [0, 0.05) is 17.1 Å². The quantitative estimate of drug-likeness (QED) is 0.331. The molecule has 5 aromatic rings. The highest BCUT2D eigenvalue weighted by atomic mass is 32.2. The molecule has 0 unspecified atom stereocenters. The monoisotopic (exact) mass is 529 g/mol. The van der Waals surface area contributed by atoms with E-state index in [0.29, 0.717) is 10.9 Å². The molecular formula is C24H18F3N5O4S. The number of sulfone groups is 1. The maximum Gasteiger partial charge on any atom is 0.416 e. The van der Waals surface area contributed by atoms with Gasteiger partial charge in [-0.1, -0.05) is 23.4 Å². The number of anilines is 2. The maximum absolute atomic E-state index is 13.7. The third-order valence-corrected chi connectivity index (χ3v) is 7.26. The minimum atomic E-state index is -4.54. The van der Waals surface area contributed by atoms with Crippen molar-refractivity contribution in [3.8, 4) is 11.5 Å². The third-order valence-electron chi connectivity index (χ3n) is 5.59. The molecule has 0 atom stereocenters. The molecule has 3 aromatic carbocycles. The second-order valence-corrected chi connectivity index (χ2v) is 9.66. The van der Waals surface area contributed by atoms with Gasteiger partial charge in [-0.05, 0) is 42.5 Å². The van der Waals surface area contributed by atoms with Gasteiger partial charge < -0.3 is 14.8 Å². The van der Waals surface area contributed by atoms with Crippen molar-refractivity contribution in [3.63, 3.8) is 0 Å². The Morgan fingerprint density at radius 1 is 0.946 bits per heavy atom. The van der Waals surface area contributed by atoms with Gasteiger partial charge in [0.2, 0.25) is 14.9 Å². The van der Waals surface area contributed by atoms with Crippen molar-refractivity contribution in [3.05, 3.63) is 72.3 Å². The summed E-state index contributed by atoms with van der Waals surface area (Å²) in [6.07, 6.45) is -4.54. The molecule has 2 heterocycles. The first-order valence-corrected chi connectivity index (χ1v) is 12.2. The molecule has 0 fully saturated rings. The van der Waals surface area contributed by atoms with Gasteiger partial charge in [-0.2, -0.15) is 17.7 Å². The number of halogens is 3. The number of para-hydroxylation sites is 1. The Balaban J connectivity index is 1.71. The summed E-state index contributed by atoms with van der Waals surface area (Å²) < 4.78 is 78.7. The van der Waals surface area contributed by atoms with Gasteiger partial charge in [0.15, 0.2) is 5.65 Å². The minimum absolute atomic E-state index is 0.0602. The Hall–Kier alpha value is -4.39. The normalized spacial score (nSPS) is 12.1. The Kier molecular flexibility index (Phi) is 5.86. The van der Waals surface area contributed by atoms with Crippen molar-refractivity contribution in [1.82, 2.24) is 19.8 Å². The van der Waals surface area contributed by atoms with Crippen LogP contribution in [0.3, 0.4) is 0 Å². The first kappa shape index (κ1) is 24.3. The molecular weight excluding hydrogens is 511 g/mol. The number of methoxy groups -OCH3 is 2. The molecule has 0 amide bonds. The Bertz CT molecular complexity index is 1750. The zero-order valence-corrected chi connectivity index (χ0v) is 20.1. The predicted molar refractivity (Wildman–Crippen MR) is 128 cm³/mol. The summed E-state index contributed by atoms with van der Waals surface area (Å²) in [4.78, 5) is 4.23. The molecule has 13 heteroatoms. The fourth-order valence-electron chi connectivity index (χ4n) is 3.82. The van der Waals surface area contributed by atoms with Gasteiger partial charge in [0.1, 0.15) is 22.2 Å². The van der Waals surface area contributed by atoms with Crippen LogP contribution >= 0.6 is 0 Å². The number of alkyl halides is 3. The van der Waals surface area contributed by atoms with Crippen LogP contribution in [-0.4, -0.2) is 42.4 Å². The van der Waals surface area contributed by atoms with Crippen molar-refractivity contribution in [2.24, 2.45) is 0 Å². The number of ether oxygens (including phenoxy) is 2. The summed E-state index contributed by atoms with van der Waals surface area (Å²) >= 11 is 0. The number of nitrogens with one attached hydrogen (secondary N) is 1. The summed E-state index contributed by atoms with van der Waals surface area (Å²) in [7, 11) is -1.60. The fourth-order valence-corrected chi connectivity index (χ4v) is 5.23. The number of fused-ring (bicyclic) bond motifs is 3. The SMILES string of the molecule is COc1ccc(OC)c(S(=O)(=O)c2nnn3c2nc(Nc2cccc(C(F)(F)F)c2)c2ccccc23)c1. The van der Waals surface area contributed by atoms with Crippen LogP contribution in [0.25, 0.3) is 16.6 Å². The zero-order valence-electron chi connectivity index (χ0n) is 19.3. The van der Waals surface area contributed by atoms with E-state index >= 15 is 0 Å². The van der Waals surface area contributed by atoms with Crippen molar-refractivity contribution >= 4 is 37.9 Å². The molecule has 0 saturated heterocycles. The zero-order chi connectivity index (χ0) is 26.4. The van der Waals surface area contributed by atoms with Crippen LogP contribution in [0.15, 0.2) is 76.7 Å². The second kappa shape index (κ2) is 8.92. The Morgan fingerprint density at radius 2 is 1.73 bits per heavy atom. The third kappa shape index (κ3) is 4.27.